The molecule has 0 aromatic carbocycles. The first-order chi connectivity index (χ1) is 12.2. The average Bonchev–Trinajstić information content (AvgIpc) is 3.28. The van der Waals surface area contributed by atoms with Crippen LogP contribution in [0.1, 0.15) is 30.5 Å². The first-order valence-electron chi connectivity index (χ1n) is 8.27. The van der Waals surface area contributed by atoms with E-state index in [0.717, 1.165) is 37.3 Å². The van der Waals surface area contributed by atoms with Crippen LogP contribution in [0.5, 0.6) is 0 Å². The van der Waals surface area contributed by atoms with E-state index < -0.39 is 0 Å². The molecule has 3 N–H and O–H groups in total. The third-order valence-corrected chi connectivity index (χ3v) is 4.37. The summed E-state index contributed by atoms with van der Waals surface area (Å²) in [5.41, 5.74) is 7.20. The molecule has 1 aliphatic rings. The summed E-state index contributed by atoms with van der Waals surface area (Å²) in [5.74, 6) is 2.49. The largest absolute Gasteiger partial charge is 0.384 e. The van der Waals surface area contributed by atoms with Crippen LogP contribution in [-0.4, -0.2) is 56.9 Å². The van der Waals surface area contributed by atoms with Crippen LogP contribution >= 0.6 is 0 Å². The summed E-state index contributed by atoms with van der Waals surface area (Å²) < 4.78 is 10.5. The van der Waals surface area contributed by atoms with Crippen molar-refractivity contribution in [3.05, 3.63) is 18.0 Å². The smallest absolute Gasteiger partial charge is 0.231 e. The number of rotatable bonds is 5. The molecule has 25 heavy (non-hydrogen) atoms. The number of hydrogen-bond donors (Lipinski definition) is 2. The van der Waals surface area contributed by atoms with E-state index in [1.807, 2.05) is 0 Å². The van der Waals surface area contributed by atoms with Gasteiger partial charge in [0.25, 0.3) is 0 Å². The van der Waals surface area contributed by atoms with E-state index in [1.54, 1.807) is 13.4 Å². The summed E-state index contributed by atoms with van der Waals surface area (Å²) in [4.78, 5) is 22.5. The van der Waals surface area contributed by atoms with Crippen LogP contribution in [0, 0.1) is 0 Å². The maximum Gasteiger partial charge on any atom is 0.231 e. The van der Waals surface area contributed by atoms with Crippen LogP contribution in [0.15, 0.2) is 10.9 Å². The van der Waals surface area contributed by atoms with Crippen LogP contribution < -0.4 is 10.6 Å². The van der Waals surface area contributed by atoms with Crippen molar-refractivity contribution < 1.29 is 9.26 Å². The Morgan fingerprint density at radius 2 is 2.32 bits per heavy atom. The summed E-state index contributed by atoms with van der Waals surface area (Å²) in [5, 5.41) is 4.04. The highest BCUT2D eigenvalue weighted by molar-refractivity contribution is 5.84. The van der Waals surface area contributed by atoms with Gasteiger partial charge in [0, 0.05) is 26.6 Å². The van der Waals surface area contributed by atoms with Crippen LogP contribution in [0.25, 0.3) is 11.2 Å². The fourth-order valence-corrected chi connectivity index (χ4v) is 3.16. The molecule has 0 radical (unpaired) electrons. The number of nitrogen functional groups attached to an aromatic ring is 1. The lowest BCUT2D eigenvalue weighted by Gasteiger charge is -2.32. The van der Waals surface area contributed by atoms with Gasteiger partial charge in [0.1, 0.15) is 5.52 Å². The first kappa shape index (κ1) is 15.8. The molecular weight excluding hydrogens is 324 g/mol. The SMILES string of the molecule is COCCc1noc([C@@H]2CCCN(c3nc(N)nc4nc[nH]c34)C2)n1. The second-order valence-electron chi connectivity index (χ2n) is 6.08. The lowest BCUT2D eigenvalue weighted by molar-refractivity contribution is 0.199. The number of nitrogens with one attached hydrogen (secondary N) is 1. The molecule has 1 fully saturated rings. The van der Waals surface area contributed by atoms with Crippen molar-refractivity contribution >= 4 is 22.9 Å². The normalized spacial score (nSPS) is 18.1. The number of nitrogens with zero attached hydrogens (tertiary/aromatic N) is 6. The fraction of sp³-hybridized carbons (Fsp3) is 0.533. The number of piperidine rings is 1. The van der Waals surface area contributed by atoms with Crippen molar-refractivity contribution in [1.82, 2.24) is 30.1 Å². The Hall–Kier alpha value is -2.75. The van der Waals surface area contributed by atoms with Crippen molar-refractivity contribution in [2.24, 2.45) is 0 Å². The molecule has 0 amide bonds. The van der Waals surface area contributed by atoms with Gasteiger partial charge in [-0.3, -0.25) is 0 Å². The minimum Gasteiger partial charge on any atom is -0.384 e. The summed E-state index contributed by atoms with van der Waals surface area (Å²) in [6, 6.07) is 0. The van der Waals surface area contributed by atoms with E-state index >= 15 is 0 Å². The molecule has 10 nitrogen and oxygen atoms in total. The summed E-state index contributed by atoms with van der Waals surface area (Å²) >= 11 is 0. The van der Waals surface area contributed by atoms with Gasteiger partial charge in [-0.1, -0.05) is 5.16 Å². The number of aromatic amines is 1. The van der Waals surface area contributed by atoms with E-state index in [9.17, 15) is 0 Å². The lowest BCUT2D eigenvalue weighted by Crippen LogP contribution is -2.35. The molecule has 4 rings (SSSR count). The molecule has 3 aromatic rings. The zero-order valence-corrected chi connectivity index (χ0v) is 14.0. The standard InChI is InChI=1S/C15H20N8O2/c1-24-6-4-10-19-14(25-22-10)9-3-2-5-23(7-9)13-11-12(18-8-17-11)20-15(16)21-13/h8-9H,2-7H2,1H3,(H3,16,17,18,20,21)/t9-/m1/s1. The van der Waals surface area contributed by atoms with Gasteiger partial charge >= 0.3 is 0 Å². The van der Waals surface area contributed by atoms with Gasteiger partial charge in [0.15, 0.2) is 17.3 Å². The first-order valence-corrected chi connectivity index (χ1v) is 8.27. The highest BCUT2D eigenvalue weighted by Gasteiger charge is 2.28. The Balaban J connectivity index is 1.56. The van der Waals surface area contributed by atoms with Gasteiger partial charge in [0.05, 0.1) is 18.9 Å². The molecule has 1 atom stereocenters. The van der Waals surface area contributed by atoms with Crippen LogP contribution in [0.3, 0.4) is 0 Å². The van der Waals surface area contributed by atoms with Gasteiger partial charge in [-0.2, -0.15) is 15.0 Å². The van der Waals surface area contributed by atoms with Crippen molar-refractivity contribution in [2.75, 3.05) is 37.4 Å². The van der Waals surface area contributed by atoms with Crippen LogP contribution in [0.4, 0.5) is 11.8 Å². The van der Waals surface area contributed by atoms with Crippen LogP contribution in [-0.2, 0) is 11.2 Å². The third-order valence-electron chi connectivity index (χ3n) is 4.37. The number of hydrogen-bond acceptors (Lipinski definition) is 9. The van der Waals surface area contributed by atoms with Gasteiger partial charge < -0.3 is 24.9 Å². The maximum absolute atomic E-state index is 5.83. The number of H-pyrrole nitrogens is 1. The summed E-state index contributed by atoms with van der Waals surface area (Å²) in [6.45, 7) is 2.19. The fourth-order valence-electron chi connectivity index (χ4n) is 3.16. The minimum absolute atomic E-state index is 0.159. The van der Waals surface area contributed by atoms with Gasteiger partial charge in [-0.25, -0.2) is 4.98 Å². The Kier molecular flexibility index (Phi) is 4.18. The molecule has 1 saturated heterocycles. The molecule has 0 aliphatic carbocycles. The Labute approximate surface area is 143 Å². The zero-order valence-electron chi connectivity index (χ0n) is 14.0. The van der Waals surface area contributed by atoms with Crippen LogP contribution in [0.2, 0.25) is 0 Å². The van der Waals surface area contributed by atoms with Crippen molar-refractivity contribution in [3.63, 3.8) is 0 Å². The van der Waals surface area contributed by atoms with E-state index in [4.69, 9.17) is 15.0 Å². The number of aromatic nitrogens is 6. The molecule has 4 heterocycles. The number of imidazole rings is 1. The molecule has 10 heteroatoms. The topological polar surface area (TPSA) is 132 Å². The predicted molar refractivity (Wildman–Crippen MR) is 90.2 cm³/mol. The number of methoxy groups -OCH3 is 1. The van der Waals surface area contributed by atoms with Crippen molar-refractivity contribution in [2.45, 2.75) is 25.2 Å². The second-order valence-corrected chi connectivity index (χ2v) is 6.08. The lowest BCUT2D eigenvalue weighted by atomic mass is 9.98. The summed E-state index contributed by atoms with van der Waals surface area (Å²) in [6.07, 6.45) is 4.24. The van der Waals surface area contributed by atoms with Gasteiger partial charge in [-0.05, 0) is 12.8 Å². The van der Waals surface area contributed by atoms with Crippen molar-refractivity contribution in [1.29, 1.82) is 0 Å². The van der Waals surface area contributed by atoms with E-state index in [2.05, 4.69) is 35.0 Å². The third kappa shape index (κ3) is 3.12. The highest BCUT2D eigenvalue weighted by Crippen LogP contribution is 2.31. The van der Waals surface area contributed by atoms with E-state index in [-0.39, 0.29) is 11.9 Å². The molecule has 0 saturated carbocycles. The monoisotopic (exact) mass is 344 g/mol. The van der Waals surface area contributed by atoms with E-state index in [0.29, 0.717) is 30.4 Å². The van der Waals surface area contributed by atoms with Crippen molar-refractivity contribution in [3.8, 4) is 0 Å². The highest BCUT2D eigenvalue weighted by atomic mass is 16.5. The molecule has 3 aromatic heterocycles. The summed E-state index contributed by atoms with van der Waals surface area (Å²) in [7, 11) is 1.66. The number of anilines is 2. The number of ether oxygens (including phenoxy) is 1. The Bertz CT molecular complexity index is 860. The molecule has 0 spiro atoms. The molecule has 0 bridgehead atoms. The Morgan fingerprint density at radius 3 is 3.20 bits per heavy atom. The molecule has 1 aliphatic heterocycles. The molecule has 132 valence electrons. The maximum atomic E-state index is 5.83. The number of nitrogens with two attached hydrogens (primary N) is 1. The predicted octanol–water partition coefficient (Wildman–Crippen LogP) is 0.891. The quantitative estimate of drug-likeness (QED) is 0.692. The second kappa shape index (κ2) is 6.63. The zero-order chi connectivity index (χ0) is 17.2. The Morgan fingerprint density at radius 1 is 1.40 bits per heavy atom. The average molecular weight is 344 g/mol. The molecule has 0 unspecified atom stereocenters. The van der Waals surface area contributed by atoms with E-state index in [1.165, 1.54) is 0 Å². The minimum atomic E-state index is 0.159. The van der Waals surface area contributed by atoms with Gasteiger partial charge in [0.2, 0.25) is 11.8 Å². The molecular formula is C15H20N8O2. The van der Waals surface area contributed by atoms with Gasteiger partial charge in [-0.15, -0.1) is 0 Å². The number of fused-ring (bicyclic) bond motifs is 1.